The maximum Gasteiger partial charge on any atom is 0.417 e. The second-order valence-corrected chi connectivity index (χ2v) is 3.87. The summed E-state index contributed by atoms with van der Waals surface area (Å²) in [5, 5.41) is -0.182. The Hall–Kier alpha value is -1.37. The van der Waals surface area contributed by atoms with E-state index in [4.69, 9.17) is 4.74 Å². The number of carbonyl (C=O) groups excluding carboxylic acids is 2. The van der Waals surface area contributed by atoms with Crippen LogP contribution in [0.5, 0.6) is 5.75 Å². The fourth-order valence-electron chi connectivity index (χ4n) is 1.41. The summed E-state index contributed by atoms with van der Waals surface area (Å²) in [5.41, 5.74) is -2.16. The number of halogens is 4. The molecule has 0 unspecified atom stereocenters. The first-order valence-corrected chi connectivity index (χ1v) is 5.80. The third kappa shape index (κ3) is 2.90. The van der Waals surface area contributed by atoms with Crippen LogP contribution in [-0.2, 0) is 6.18 Å². The maximum absolute atomic E-state index is 12.8. The van der Waals surface area contributed by atoms with Crippen molar-refractivity contribution in [3.63, 3.8) is 0 Å². The van der Waals surface area contributed by atoms with Gasteiger partial charge in [0.1, 0.15) is 5.75 Å². The number of Topliss-reactive ketones (excluding diaryl/α,β-unsaturated/α-hetero) is 1. The van der Waals surface area contributed by atoms with Crippen molar-refractivity contribution in [1.82, 2.24) is 0 Å². The van der Waals surface area contributed by atoms with Gasteiger partial charge in [-0.05, 0) is 12.1 Å². The lowest BCUT2D eigenvalue weighted by molar-refractivity contribution is -0.137. The number of benzene rings is 1. The molecule has 0 atom stereocenters. The van der Waals surface area contributed by atoms with Gasteiger partial charge in [-0.25, -0.2) is 0 Å². The number of aldehydes is 1. The van der Waals surface area contributed by atoms with Crippen LogP contribution in [0.2, 0.25) is 0 Å². The van der Waals surface area contributed by atoms with Crippen molar-refractivity contribution in [2.75, 3.05) is 12.4 Å². The topological polar surface area (TPSA) is 43.4 Å². The third-order valence-corrected chi connectivity index (χ3v) is 2.74. The van der Waals surface area contributed by atoms with Crippen LogP contribution in [0.25, 0.3) is 0 Å². The van der Waals surface area contributed by atoms with Crippen molar-refractivity contribution >= 4 is 28.0 Å². The molecular formula is C11H8BrF3O3. The summed E-state index contributed by atoms with van der Waals surface area (Å²) < 4.78 is 43.0. The van der Waals surface area contributed by atoms with Gasteiger partial charge in [-0.3, -0.25) is 9.59 Å². The SMILES string of the molecule is COc1cc(C(=O)CBr)c(C=O)c(C(F)(F)F)c1. The Bertz CT molecular complexity index is 483. The van der Waals surface area contributed by atoms with E-state index < -0.39 is 23.1 Å². The van der Waals surface area contributed by atoms with E-state index in [-0.39, 0.29) is 22.9 Å². The zero-order chi connectivity index (χ0) is 13.9. The van der Waals surface area contributed by atoms with Crippen LogP contribution >= 0.6 is 15.9 Å². The minimum Gasteiger partial charge on any atom is -0.497 e. The Morgan fingerprint density at radius 3 is 2.44 bits per heavy atom. The van der Waals surface area contributed by atoms with E-state index in [1.54, 1.807) is 0 Å². The van der Waals surface area contributed by atoms with Gasteiger partial charge in [0.25, 0.3) is 0 Å². The molecule has 1 rings (SSSR count). The lowest BCUT2D eigenvalue weighted by Gasteiger charge is -2.14. The molecule has 0 spiro atoms. The van der Waals surface area contributed by atoms with Crippen LogP contribution in [0.4, 0.5) is 13.2 Å². The lowest BCUT2D eigenvalue weighted by atomic mass is 9.98. The summed E-state index contributed by atoms with van der Waals surface area (Å²) in [7, 11) is 1.18. The fourth-order valence-corrected chi connectivity index (χ4v) is 1.71. The van der Waals surface area contributed by atoms with E-state index in [1.165, 1.54) is 7.11 Å². The van der Waals surface area contributed by atoms with Crippen LogP contribution < -0.4 is 4.74 Å². The highest BCUT2D eigenvalue weighted by Crippen LogP contribution is 2.35. The largest absolute Gasteiger partial charge is 0.497 e. The summed E-state index contributed by atoms with van der Waals surface area (Å²) in [6, 6.07) is 1.80. The van der Waals surface area contributed by atoms with Crippen molar-refractivity contribution in [2.24, 2.45) is 0 Å². The number of hydrogen-bond acceptors (Lipinski definition) is 3. The molecule has 0 heterocycles. The van der Waals surface area contributed by atoms with E-state index in [0.29, 0.717) is 6.07 Å². The fraction of sp³-hybridized carbons (Fsp3) is 0.273. The van der Waals surface area contributed by atoms with Gasteiger partial charge >= 0.3 is 6.18 Å². The lowest BCUT2D eigenvalue weighted by Crippen LogP contribution is -2.14. The van der Waals surface area contributed by atoms with Gasteiger partial charge < -0.3 is 4.74 Å². The van der Waals surface area contributed by atoms with Gasteiger partial charge in [0.15, 0.2) is 12.1 Å². The van der Waals surface area contributed by atoms with Gasteiger partial charge in [0, 0.05) is 11.1 Å². The highest BCUT2D eigenvalue weighted by atomic mass is 79.9. The zero-order valence-corrected chi connectivity index (χ0v) is 10.8. The molecule has 0 radical (unpaired) electrons. The number of hydrogen-bond donors (Lipinski definition) is 0. The molecule has 0 bridgehead atoms. The molecule has 3 nitrogen and oxygen atoms in total. The first-order valence-electron chi connectivity index (χ1n) is 4.68. The van der Waals surface area contributed by atoms with Crippen molar-refractivity contribution in [2.45, 2.75) is 6.18 Å². The summed E-state index contributed by atoms with van der Waals surface area (Å²) >= 11 is 2.85. The number of alkyl halides is 4. The number of ether oxygens (including phenoxy) is 1. The molecule has 0 aliphatic heterocycles. The summed E-state index contributed by atoms with van der Waals surface area (Å²) in [6.07, 6.45) is -4.70. The summed E-state index contributed by atoms with van der Waals surface area (Å²) in [4.78, 5) is 22.3. The number of methoxy groups -OCH3 is 1. The molecule has 0 fully saturated rings. The van der Waals surface area contributed by atoms with E-state index >= 15 is 0 Å². The molecule has 7 heteroatoms. The summed E-state index contributed by atoms with van der Waals surface area (Å²) in [6.45, 7) is 0. The predicted octanol–water partition coefficient (Wildman–Crippen LogP) is 3.10. The van der Waals surface area contributed by atoms with Gasteiger partial charge in [0.2, 0.25) is 0 Å². The average molecular weight is 325 g/mol. The minimum absolute atomic E-state index is 0.0259. The maximum atomic E-state index is 12.8. The van der Waals surface area contributed by atoms with E-state index in [0.717, 1.165) is 6.07 Å². The first-order chi connectivity index (χ1) is 8.35. The quantitative estimate of drug-likeness (QED) is 0.485. The first kappa shape index (κ1) is 14.7. The Kier molecular flexibility index (Phi) is 4.50. The number of carbonyl (C=O) groups is 2. The molecule has 0 aromatic heterocycles. The highest BCUT2D eigenvalue weighted by molar-refractivity contribution is 9.09. The van der Waals surface area contributed by atoms with Crippen LogP contribution in [0, 0.1) is 0 Å². The van der Waals surface area contributed by atoms with Gasteiger partial charge in [-0.2, -0.15) is 13.2 Å². The van der Waals surface area contributed by atoms with E-state index in [9.17, 15) is 22.8 Å². The van der Waals surface area contributed by atoms with Gasteiger partial charge in [0.05, 0.1) is 18.0 Å². The van der Waals surface area contributed by atoms with Gasteiger partial charge in [-0.1, -0.05) is 15.9 Å². The molecule has 0 amide bonds. The molecule has 0 N–H and O–H groups in total. The standard InChI is InChI=1S/C11H8BrF3O3/c1-18-6-2-7(10(17)4-12)8(5-16)9(3-6)11(13,14)15/h2-3,5H,4H2,1H3. The van der Waals surface area contributed by atoms with Crippen molar-refractivity contribution in [3.8, 4) is 5.75 Å². The Morgan fingerprint density at radius 1 is 1.44 bits per heavy atom. The zero-order valence-electron chi connectivity index (χ0n) is 9.18. The second-order valence-electron chi connectivity index (χ2n) is 3.31. The molecule has 0 saturated heterocycles. The molecule has 0 aliphatic carbocycles. The second kappa shape index (κ2) is 5.51. The monoisotopic (exact) mass is 324 g/mol. The minimum atomic E-state index is -4.73. The molecule has 0 aliphatic rings. The van der Waals surface area contributed by atoms with Crippen LogP contribution in [0.15, 0.2) is 12.1 Å². The Morgan fingerprint density at radius 2 is 2.06 bits per heavy atom. The predicted molar refractivity (Wildman–Crippen MR) is 61.5 cm³/mol. The Labute approximate surface area is 109 Å². The molecule has 1 aromatic carbocycles. The summed E-state index contributed by atoms with van der Waals surface area (Å²) in [5.74, 6) is -0.751. The van der Waals surface area contributed by atoms with Crippen molar-refractivity contribution < 1.29 is 27.5 Å². The van der Waals surface area contributed by atoms with E-state index in [2.05, 4.69) is 15.9 Å². The van der Waals surface area contributed by atoms with Crippen LogP contribution in [0.3, 0.4) is 0 Å². The van der Waals surface area contributed by atoms with E-state index in [1.807, 2.05) is 0 Å². The van der Waals surface area contributed by atoms with Crippen LogP contribution in [0.1, 0.15) is 26.3 Å². The number of rotatable bonds is 4. The molecule has 98 valence electrons. The number of ketones is 1. The molecule has 1 aromatic rings. The molecular weight excluding hydrogens is 317 g/mol. The Balaban J connectivity index is 3.60. The highest BCUT2D eigenvalue weighted by Gasteiger charge is 2.36. The van der Waals surface area contributed by atoms with Crippen molar-refractivity contribution in [3.05, 3.63) is 28.8 Å². The normalized spacial score (nSPS) is 11.2. The smallest absolute Gasteiger partial charge is 0.417 e. The van der Waals surface area contributed by atoms with Gasteiger partial charge in [-0.15, -0.1) is 0 Å². The molecule has 0 saturated carbocycles. The van der Waals surface area contributed by atoms with Crippen LogP contribution in [-0.4, -0.2) is 24.5 Å². The average Bonchev–Trinajstić information content (AvgIpc) is 2.34. The van der Waals surface area contributed by atoms with Crippen molar-refractivity contribution in [1.29, 1.82) is 0 Å². The third-order valence-electron chi connectivity index (χ3n) is 2.23. The molecule has 18 heavy (non-hydrogen) atoms.